The molecule has 5 nitrogen and oxygen atoms in total. The van der Waals surface area contributed by atoms with Crippen molar-refractivity contribution in [1.29, 1.82) is 0 Å². The molecule has 0 bridgehead atoms. The molecule has 0 unspecified atom stereocenters. The Hall–Kier alpha value is -0.810. The lowest BCUT2D eigenvalue weighted by Crippen LogP contribution is -2.33. The summed E-state index contributed by atoms with van der Waals surface area (Å²) in [5, 5.41) is 3.07. The molecule has 2 fully saturated rings. The predicted octanol–water partition coefficient (Wildman–Crippen LogP) is 2.57. The van der Waals surface area contributed by atoms with Gasteiger partial charge in [0.15, 0.2) is 0 Å². The minimum Gasteiger partial charge on any atom is -0.449 e. The normalized spacial score (nSPS) is 18.9. The zero-order chi connectivity index (χ0) is 15.9. The van der Waals surface area contributed by atoms with Gasteiger partial charge in [0, 0.05) is 13.6 Å². The van der Waals surface area contributed by atoms with Crippen molar-refractivity contribution in [3.8, 4) is 0 Å². The number of nitrogens with one attached hydrogen (secondary N) is 1. The molecular weight excluding hydrogens is 266 g/mol. The van der Waals surface area contributed by atoms with E-state index in [0.29, 0.717) is 6.61 Å². The van der Waals surface area contributed by atoms with E-state index in [0.717, 1.165) is 19.5 Å². The quantitative estimate of drug-likeness (QED) is 0.814. The van der Waals surface area contributed by atoms with E-state index in [2.05, 4.69) is 28.9 Å². The van der Waals surface area contributed by atoms with Crippen LogP contribution in [0.4, 0.5) is 4.79 Å². The number of piperidine rings is 1. The van der Waals surface area contributed by atoms with Crippen LogP contribution in [0.15, 0.2) is 0 Å². The van der Waals surface area contributed by atoms with Crippen molar-refractivity contribution in [2.45, 2.75) is 45.4 Å². The van der Waals surface area contributed by atoms with Crippen LogP contribution in [-0.4, -0.2) is 69.8 Å². The molecule has 2 heterocycles. The first kappa shape index (κ1) is 20.2. The molecule has 0 aliphatic carbocycles. The Bertz CT molecular complexity index is 240. The molecule has 21 heavy (non-hydrogen) atoms. The Kier molecular flexibility index (Phi) is 13.6. The minimum atomic E-state index is -0.198. The van der Waals surface area contributed by atoms with Gasteiger partial charge in [0.05, 0.1) is 6.61 Å². The van der Waals surface area contributed by atoms with Gasteiger partial charge in [-0.25, -0.2) is 4.79 Å². The fourth-order valence-electron chi connectivity index (χ4n) is 2.07. The van der Waals surface area contributed by atoms with Gasteiger partial charge >= 0.3 is 6.09 Å². The third kappa shape index (κ3) is 12.6. The van der Waals surface area contributed by atoms with Crippen LogP contribution in [0.2, 0.25) is 0 Å². The van der Waals surface area contributed by atoms with Crippen LogP contribution in [0.25, 0.3) is 0 Å². The standard InChI is InChI=1S/C6H13N.C5H9NO2.C5H13N/c1-7-5-3-2-4-6-7;1-6-3-2-4-8-5(6)7;1-3-4-5-6-2/h2-6H2,1H3;2-4H2,1H3;6H,3-5H2,1-2H3. The lowest BCUT2D eigenvalue weighted by Gasteiger charge is -2.21. The SMILES string of the molecule is CCCCNC.CN1CCCCC1.CN1CCCOC1=O. The number of likely N-dealkylation sites (tertiary alicyclic amines) is 1. The van der Waals surface area contributed by atoms with E-state index in [1.807, 2.05) is 7.05 Å². The van der Waals surface area contributed by atoms with Crippen LogP contribution >= 0.6 is 0 Å². The lowest BCUT2D eigenvalue weighted by molar-refractivity contribution is 0.0831. The molecule has 0 spiro atoms. The zero-order valence-electron chi connectivity index (χ0n) is 14.5. The summed E-state index contributed by atoms with van der Waals surface area (Å²) in [4.78, 5) is 14.5. The molecule has 0 radical (unpaired) electrons. The summed E-state index contributed by atoms with van der Waals surface area (Å²) in [6.45, 7) is 7.41. The molecule has 2 aliphatic rings. The van der Waals surface area contributed by atoms with E-state index in [9.17, 15) is 4.79 Å². The van der Waals surface area contributed by atoms with Crippen molar-refractivity contribution >= 4 is 6.09 Å². The maximum atomic E-state index is 10.5. The van der Waals surface area contributed by atoms with E-state index in [1.54, 1.807) is 11.9 Å². The first-order valence-corrected chi connectivity index (χ1v) is 8.32. The summed E-state index contributed by atoms with van der Waals surface area (Å²) in [7, 11) is 5.91. The van der Waals surface area contributed by atoms with Gasteiger partial charge in [0.25, 0.3) is 0 Å². The highest BCUT2D eigenvalue weighted by Crippen LogP contribution is 2.04. The summed E-state index contributed by atoms with van der Waals surface area (Å²) in [5.74, 6) is 0. The van der Waals surface area contributed by atoms with Gasteiger partial charge in [-0.05, 0) is 59.4 Å². The number of cyclic esters (lactones) is 1. The zero-order valence-corrected chi connectivity index (χ0v) is 14.5. The molecule has 2 saturated heterocycles. The molecule has 0 aromatic rings. The highest BCUT2D eigenvalue weighted by molar-refractivity contribution is 5.67. The lowest BCUT2D eigenvalue weighted by atomic mass is 10.1. The van der Waals surface area contributed by atoms with Crippen LogP contribution in [0.3, 0.4) is 0 Å². The molecule has 0 atom stereocenters. The minimum absolute atomic E-state index is 0.198. The average molecular weight is 301 g/mol. The van der Waals surface area contributed by atoms with Gasteiger partial charge in [-0.1, -0.05) is 19.8 Å². The highest BCUT2D eigenvalue weighted by Gasteiger charge is 2.13. The van der Waals surface area contributed by atoms with Crippen LogP contribution in [-0.2, 0) is 4.74 Å². The van der Waals surface area contributed by atoms with E-state index in [4.69, 9.17) is 0 Å². The van der Waals surface area contributed by atoms with Crippen LogP contribution in [0.1, 0.15) is 45.4 Å². The van der Waals surface area contributed by atoms with Gasteiger partial charge in [0.1, 0.15) is 0 Å². The predicted molar refractivity (Wildman–Crippen MR) is 88.8 cm³/mol. The number of hydrogen-bond donors (Lipinski definition) is 1. The van der Waals surface area contributed by atoms with Gasteiger partial charge in [-0.3, -0.25) is 0 Å². The molecular formula is C16H35N3O2. The first-order chi connectivity index (χ1) is 10.1. The Morgan fingerprint density at radius 1 is 1.10 bits per heavy atom. The van der Waals surface area contributed by atoms with Crippen molar-refractivity contribution in [3.63, 3.8) is 0 Å². The van der Waals surface area contributed by atoms with Crippen molar-refractivity contribution < 1.29 is 9.53 Å². The molecule has 1 N–H and O–H groups in total. The number of nitrogens with zero attached hydrogens (tertiary/aromatic N) is 2. The van der Waals surface area contributed by atoms with Gasteiger partial charge in [0.2, 0.25) is 0 Å². The first-order valence-electron chi connectivity index (χ1n) is 8.32. The number of carbonyl (C=O) groups is 1. The fourth-order valence-corrected chi connectivity index (χ4v) is 2.07. The van der Waals surface area contributed by atoms with Crippen LogP contribution in [0.5, 0.6) is 0 Å². The number of ether oxygens (including phenoxy) is 1. The number of rotatable bonds is 3. The second-order valence-electron chi connectivity index (χ2n) is 5.71. The molecule has 5 heteroatoms. The number of carbonyl (C=O) groups excluding carboxylic acids is 1. The van der Waals surface area contributed by atoms with E-state index >= 15 is 0 Å². The molecule has 0 aromatic heterocycles. The van der Waals surface area contributed by atoms with Crippen LogP contribution < -0.4 is 5.32 Å². The molecule has 0 aromatic carbocycles. The van der Waals surface area contributed by atoms with Crippen molar-refractivity contribution in [1.82, 2.24) is 15.1 Å². The van der Waals surface area contributed by atoms with E-state index in [1.165, 1.54) is 45.2 Å². The fraction of sp³-hybridized carbons (Fsp3) is 0.938. The summed E-state index contributed by atoms with van der Waals surface area (Å²) < 4.78 is 4.68. The Balaban J connectivity index is 0.000000290. The van der Waals surface area contributed by atoms with Gasteiger partial charge in [-0.2, -0.15) is 0 Å². The van der Waals surface area contributed by atoms with Crippen molar-refractivity contribution in [2.24, 2.45) is 0 Å². The summed E-state index contributed by atoms with van der Waals surface area (Å²) in [6.07, 6.45) is 7.63. The number of amides is 1. The molecule has 2 aliphatic heterocycles. The van der Waals surface area contributed by atoms with Gasteiger partial charge in [-0.15, -0.1) is 0 Å². The summed E-state index contributed by atoms with van der Waals surface area (Å²) >= 11 is 0. The van der Waals surface area contributed by atoms with Gasteiger partial charge < -0.3 is 19.9 Å². The largest absolute Gasteiger partial charge is 0.449 e. The topological polar surface area (TPSA) is 44.8 Å². The Morgan fingerprint density at radius 3 is 2.05 bits per heavy atom. The monoisotopic (exact) mass is 301 g/mol. The number of unbranched alkanes of at least 4 members (excludes halogenated alkanes) is 1. The second kappa shape index (κ2) is 14.1. The van der Waals surface area contributed by atoms with E-state index in [-0.39, 0.29) is 6.09 Å². The molecule has 2 rings (SSSR count). The Labute approximate surface area is 131 Å². The Morgan fingerprint density at radius 2 is 1.76 bits per heavy atom. The van der Waals surface area contributed by atoms with Crippen molar-refractivity contribution in [3.05, 3.63) is 0 Å². The highest BCUT2D eigenvalue weighted by atomic mass is 16.6. The number of hydrogen-bond acceptors (Lipinski definition) is 4. The molecule has 0 saturated carbocycles. The molecule has 126 valence electrons. The summed E-state index contributed by atoms with van der Waals surface area (Å²) in [5.41, 5.74) is 0. The smallest absolute Gasteiger partial charge is 0.409 e. The van der Waals surface area contributed by atoms with E-state index < -0.39 is 0 Å². The third-order valence-electron chi connectivity index (χ3n) is 3.54. The summed E-state index contributed by atoms with van der Waals surface area (Å²) in [6, 6.07) is 0. The van der Waals surface area contributed by atoms with Crippen LogP contribution in [0, 0.1) is 0 Å². The third-order valence-corrected chi connectivity index (χ3v) is 3.54. The average Bonchev–Trinajstić information content (AvgIpc) is 2.50. The maximum Gasteiger partial charge on any atom is 0.409 e. The second-order valence-corrected chi connectivity index (χ2v) is 5.71. The van der Waals surface area contributed by atoms with Crippen molar-refractivity contribution in [2.75, 3.05) is 53.9 Å². The maximum absolute atomic E-state index is 10.5. The molecule has 1 amide bonds.